The van der Waals surface area contributed by atoms with Gasteiger partial charge in [0.2, 0.25) is 0 Å². The number of aliphatic hydroxyl groups is 1. The first-order valence-corrected chi connectivity index (χ1v) is 6.45. The van der Waals surface area contributed by atoms with Gasteiger partial charge in [-0.1, -0.05) is 0 Å². The molecule has 1 aliphatic rings. The number of benzene rings is 1. The molecule has 0 bridgehead atoms. The van der Waals surface area contributed by atoms with Gasteiger partial charge in [0, 0.05) is 24.8 Å². The number of carboxylic acids is 1. The molecular formula is C13H16N2O6. The summed E-state index contributed by atoms with van der Waals surface area (Å²) in [5.41, 5.74) is -0.247. The van der Waals surface area contributed by atoms with Crippen molar-refractivity contribution in [3.63, 3.8) is 0 Å². The molecule has 114 valence electrons. The Morgan fingerprint density at radius 3 is 2.81 bits per heavy atom. The van der Waals surface area contributed by atoms with Crippen LogP contribution in [0.5, 0.6) is 0 Å². The van der Waals surface area contributed by atoms with Gasteiger partial charge in [-0.2, -0.15) is 0 Å². The van der Waals surface area contributed by atoms with Gasteiger partial charge in [0.1, 0.15) is 5.56 Å². The van der Waals surface area contributed by atoms with Crippen LogP contribution in [0.4, 0.5) is 11.4 Å². The van der Waals surface area contributed by atoms with Crippen molar-refractivity contribution < 1.29 is 24.7 Å². The molecule has 2 atom stereocenters. The predicted octanol–water partition coefficient (Wildman–Crippen LogP) is 0.879. The molecule has 1 heterocycles. The lowest BCUT2D eigenvalue weighted by Gasteiger charge is -2.37. The normalized spacial score (nSPS) is 22.1. The molecule has 0 aliphatic carbocycles. The van der Waals surface area contributed by atoms with E-state index < -0.39 is 16.6 Å². The van der Waals surface area contributed by atoms with Gasteiger partial charge in [-0.3, -0.25) is 10.1 Å². The number of carboxylic acid groups (broad SMARTS) is 1. The summed E-state index contributed by atoms with van der Waals surface area (Å²) in [5, 5.41) is 29.2. The average molecular weight is 296 g/mol. The maximum atomic E-state index is 11.0. The highest BCUT2D eigenvalue weighted by Crippen LogP contribution is 2.27. The summed E-state index contributed by atoms with van der Waals surface area (Å²) in [5.74, 6) is -1.34. The second-order valence-corrected chi connectivity index (χ2v) is 4.92. The number of aliphatic hydroxyl groups excluding tert-OH is 1. The number of aromatic carboxylic acids is 1. The van der Waals surface area contributed by atoms with Crippen molar-refractivity contribution in [2.24, 2.45) is 0 Å². The highest BCUT2D eigenvalue weighted by atomic mass is 16.6. The van der Waals surface area contributed by atoms with E-state index in [4.69, 9.17) is 9.84 Å². The number of nitro groups is 1. The molecule has 1 fully saturated rings. The van der Waals surface area contributed by atoms with E-state index in [9.17, 15) is 20.0 Å². The summed E-state index contributed by atoms with van der Waals surface area (Å²) < 4.78 is 5.51. The Morgan fingerprint density at radius 2 is 2.24 bits per heavy atom. The topological polar surface area (TPSA) is 113 Å². The molecule has 0 aromatic heterocycles. The number of ether oxygens (including phenoxy) is 1. The number of nitro benzene ring substituents is 1. The predicted molar refractivity (Wildman–Crippen MR) is 73.7 cm³/mol. The third-order valence-electron chi connectivity index (χ3n) is 3.30. The number of morpholine rings is 1. The van der Waals surface area contributed by atoms with Crippen molar-refractivity contribution in [1.29, 1.82) is 0 Å². The Bertz CT molecular complexity index is 562. The van der Waals surface area contributed by atoms with Gasteiger partial charge in [-0.25, -0.2) is 4.79 Å². The molecule has 0 spiro atoms. The number of hydrogen-bond acceptors (Lipinski definition) is 6. The molecule has 2 N–H and O–H groups in total. The van der Waals surface area contributed by atoms with E-state index in [1.807, 2.05) is 11.8 Å². The molecule has 1 saturated heterocycles. The lowest BCUT2D eigenvalue weighted by Crippen LogP contribution is -2.48. The minimum atomic E-state index is -1.34. The van der Waals surface area contributed by atoms with Gasteiger partial charge in [0.25, 0.3) is 5.69 Å². The Balaban J connectivity index is 2.33. The zero-order valence-corrected chi connectivity index (χ0v) is 11.4. The van der Waals surface area contributed by atoms with Gasteiger partial charge in [0.15, 0.2) is 0 Å². The fraction of sp³-hybridized carbons (Fsp3) is 0.462. The smallest absolute Gasteiger partial charge is 0.342 e. The van der Waals surface area contributed by atoms with Crippen LogP contribution in [0.25, 0.3) is 0 Å². The minimum Gasteiger partial charge on any atom is -0.477 e. The standard InChI is InChI=1S/C13H16N2O6/c1-8-5-14(6-10(7-16)21-8)9-2-3-11(13(17)18)12(4-9)15(19)20/h2-4,8,10,16H,5-7H2,1H3,(H,17,18). The third-order valence-corrected chi connectivity index (χ3v) is 3.30. The van der Waals surface area contributed by atoms with E-state index in [0.717, 1.165) is 0 Å². The highest BCUT2D eigenvalue weighted by Gasteiger charge is 2.27. The molecule has 0 amide bonds. The second-order valence-electron chi connectivity index (χ2n) is 4.92. The van der Waals surface area contributed by atoms with Crippen LogP contribution in [0, 0.1) is 10.1 Å². The first-order chi connectivity index (χ1) is 9.92. The van der Waals surface area contributed by atoms with Crippen molar-refractivity contribution >= 4 is 17.3 Å². The monoisotopic (exact) mass is 296 g/mol. The maximum Gasteiger partial charge on any atom is 0.342 e. The van der Waals surface area contributed by atoms with Crippen LogP contribution >= 0.6 is 0 Å². The Morgan fingerprint density at radius 1 is 1.52 bits per heavy atom. The van der Waals surface area contributed by atoms with E-state index in [-0.39, 0.29) is 24.4 Å². The summed E-state index contributed by atoms with van der Waals surface area (Å²) >= 11 is 0. The molecular weight excluding hydrogens is 280 g/mol. The molecule has 2 rings (SSSR count). The molecule has 1 aliphatic heterocycles. The molecule has 0 saturated carbocycles. The third kappa shape index (κ3) is 3.29. The highest BCUT2D eigenvalue weighted by molar-refractivity contribution is 5.93. The number of rotatable bonds is 4. The average Bonchev–Trinajstić information content (AvgIpc) is 2.45. The van der Waals surface area contributed by atoms with Crippen LogP contribution in [-0.4, -0.2) is 53.0 Å². The summed E-state index contributed by atoms with van der Waals surface area (Å²) in [4.78, 5) is 23.1. The quantitative estimate of drug-likeness (QED) is 0.626. The van der Waals surface area contributed by atoms with Crippen molar-refractivity contribution in [2.45, 2.75) is 19.1 Å². The van der Waals surface area contributed by atoms with Crippen LogP contribution in [0.1, 0.15) is 17.3 Å². The number of nitrogens with zero attached hydrogens (tertiary/aromatic N) is 2. The maximum absolute atomic E-state index is 11.0. The first-order valence-electron chi connectivity index (χ1n) is 6.45. The zero-order chi connectivity index (χ0) is 15.6. The summed E-state index contributed by atoms with van der Waals surface area (Å²) in [7, 11) is 0. The fourth-order valence-electron chi connectivity index (χ4n) is 2.41. The minimum absolute atomic E-state index is 0.130. The van der Waals surface area contributed by atoms with Gasteiger partial charge >= 0.3 is 5.97 Å². The Kier molecular flexibility index (Phi) is 4.39. The molecule has 1 aromatic carbocycles. The largest absolute Gasteiger partial charge is 0.477 e. The van der Waals surface area contributed by atoms with Crippen LogP contribution in [0.15, 0.2) is 18.2 Å². The van der Waals surface area contributed by atoms with E-state index in [1.54, 1.807) is 0 Å². The second kappa shape index (κ2) is 6.06. The van der Waals surface area contributed by atoms with Crippen molar-refractivity contribution in [3.05, 3.63) is 33.9 Å². The summed E-state index contributed by atoms with van der Waals surface area (Å²) in [6.07, 6.45) is -0.499. The van der Waals surface area contributed by atoms with Crippen molar-refractivity contribution in [1.82, 2.24) is 0 Å². The van der Waals surface area contributed by atoms with E-state index in [2.05, 4.69) is 0 Å². The van der Waals surface area contributed by atoms with Crippen LogP contribution < -0.4 is 4.90 Å². The molecule has 8 heteroatoms. The van der Waals surface area contributed by atoms with Crippen molar-refractivity contribution in [3.8, 4) is 0 Å². The molecule has 2 unspecified atom stereocenters. The fourth-order valence-corrected chi connectivity index (χ4v) is 2.41. The summed E-state index contributed by atoms with van der Waals surface area (Å²) in [6.45, 7) is 2.61. The molecule has 1 aromatic rings. The van der Waals surface area contributed by atoms with E-state index >= 15 is 0 Å². The number of carbonyl (C=O) groups is 1. The lowest BCUT2D eigenvalue weighted by molar-refractivity contribution is -0.385. The van der Waals surface area contributed by atoms with Crippen molar-refractivity contribution in [2.75, 3.05) is 24.6 Å². The lowest BCUT2D eigenvalue weighted by atomic mass is 10.1. The molecule has 0 radical (unpaired) electrons. The molecule has 21 heavy (non-hydrogen) atoms. The Hall–Kier alpha value is -2.19. The van der Waals surface area contributed by atoms with Crippen LogP contribution in [0.2, 0.25) is 0 Å². The zero-order valence-electron chi connectivity index (χ0n) is 11.4. The molecule has 8 nitrogen and oxygen atoms in total. The number of anilines is 1. The van der Waals surface area contributed by atoms with Gasteiger partial charge in [-0.15, -0.1) is 0 Å². The van der Waals surface area contributed by atoms with E-state index in [0.29, 0.717) is 18.8 Å². The van der Waals surface area contributed by atoms with Gasteiger partial charge in [-0.05, 0) is 19.1 Å². The SMILES string of the molecule is CC1CN(c2ccc(C(=O)O)c([N+](=O)[O-])c2)CC(CO)O1. The van der Waals surface area contributed by atoms with Crippen LogP contribution in [-0.2, 0) is 4.74 Å². The first kappa shape index (κ1) is 15.2. The number of hydrogen-bond donors (Lipinski definition) is 2. The summed E-state index contributed by atoms with van der Waals surface area (Å²) in [6, 6.07) is 4.00. The Labute approximate surface area is 120 Å². The van der Waals surface area contributed by atoms with Gasteiger partial charge < -0.3 is 19.8 Å². The van der Waals surface area contributed by atoms with Crippen LogP contribution in [0.3, 0.4) is 0 Å². The van der Waals surface area contributed by atoms with Gasteiger partial charge in [0.05, 0.1) is 23.7 Å². The van der Waals surface area contributed by atoms with E-state index in [1.165, 1.54) is 18.2 Å².